The Morgan fingerprint density at radius 2 is 1.86 bits per heavy atom. The number of hydrogen-bond donors (Lipinski definition) is 2. The average Bonchev–Trinajstić information content (AvgIpc) is 2.40. The summed E-state index contributed by atoms with van der Waals surface area (Å²) >= 11 is 0. The van der Waals surface area contributed by atoms with E-state index in [9.17, 15) is 4.79 Å². The molecule has 0 aromatic heterocycles. The lowest BCUT2D eigenvalue weighted by atomic mass is 10.0. The lowest BCUT2D eigenvalue weighted by molar-refractivity contribution is -0.117. The molecule has 1 aromatic rings. The summed E-state index contributed by atoms with van der Waals surface area (Å²) in [6, 6.07) is 8.03. The molecule has 0 atom stereocenters. The first-order valence-corrected chi connectivity index (χ1v) is 6.98. The molecule has 6 heteroatoms. The van der Waals surface area contributed by atoms with Crippen LogP contribution in [0.1, 0.15) is 25.3 Å². The van der Waals surface area contributed by atoms with Crippen LogP contribution in [0.3, 0.4) is 0 Å². The highest BCUT2D eigenvalue weighted by Gasteiger charge is 2.14. The van der Waals surface area contributed by atoms with Crippen molar-refractivity contribution >= 4 is 36.4 Å². The van der Waals surface area contributed by atoms with Crippen molar-refractivity contribution in [2.24, 2.45) is 0 Å². The number of carbonyl (C=O) groups is 1. The van der Waals surface area contributed by atoms with Crippen molar-refractivity contribution in [1.29, 1.82) is 0 Å². The molecule has 2 N–H and O–H groups in total. The summed E-state index contributed by atoms with van der Waals surface area (Å²) in [5.74, 6) is 0.491. The van der Waals surface area contributed by atoms with Gasteiger partial charge in [0.05, 0.1) is 6.54 Å². The quantitative estimate of drug-likeness (QED) is 0.889. The van der Waals surface area contributed by atoms with Crippen molar-refractivity contribution in [1.82, 2.24) is 10.2 Å². The number of nitrogens with one attached hydrogen (secondary N) is 2. The monoisotopic (exact) mass is 333 g/mol. The normalized spacial score (nSPS) is 15.0. The fourth-order valence-corrected chi connectivity index (χ4v) is 2.38. The fraction of sp³-hybridized carbons (Fsp3) is 0.533. The van der Waals surface area contributed by atoms with Crippen molar-refractivity contribution in [3.8, 4) is 0 Å². The van der Waals surface area contributed by atoms with E-state index in [4.69, 9.17) is 0 Å². The molecule has 1 fully saturated rings. The van der Waals surface area contributed by atoms with Crippen LogP contribution in [0.5, 0.6) is 0 Å². The van der Waals surface area contributed by atoms with Crippen LogP contribution in [0.15, 0.2) is 24.3 Å². The van der Waals surface area contributed by atoms with Crippen molar-refractivity contribution in [3.05, 3.63) is 29.8 Å². The summed E-state index contributed by atoms with van der Waals surface area (Å²) in [4.78, 5) is 14.3. The standard InChI is InChI=1S/C15H23N3O.2ClH/c1-12(2)13-5-3-4-6-14(13)17-15(19)11-18-9-7-16-8-10-18;;/h3-6,12,16H,7-11H2,1-2H3,(H,17,19);2*1H. The molecule has 1 aliphatic rings. The molecule has 1 saturated heterocycles. The van der Waals surface area contributed by atoms with E-state index in [-0.39, 0.29) is 30.7 Å². The molecule has 120 valence electrons. The Morgan fingerprint density at radius 1 is 1.24 bits per heavy atom. The van der Waals surface area contributed by atoms with Crippen molar-refractivity contribution in [3.63, 3.8) is 0 Å². The molecule has 0 spiro atoms. The number of anilines is 1. The first-order valence-electron chi connectivity index (χ1n) is 6.98. The van der Waals surface area contributed by atoms with Crippen LogP contribution in [0.2, 0.25) is 0 Å². The van der Waals surface area contributed by atoms with Gasteiger partial charge in [-0.2, -0.15) is 0 Å². The molecule has 0 radical (unpaired) electrons. The third kappa shape index (κ3) is 6.22. The van der Waals surface area contributed by atoms with Gasteiger partial charge < -0.3 is 10.6 Å². The van der Waals surface area contributed by atoms with Gasteiger partial charge in [-0.15, -0.1) is 24.8 Å². The van der Waals surface area contributed by atoms with E-state index in [1.54, 1.807) is 0 Å². The Labute approximate surface area is 139 Å². The van der Waals surface area contributed by atoms with Crippen LogP contribution < -0.4 is 10.6 Å². The number of para-hydroxylation sites is 1. The van der Waals surface area contributed by atoms with Crippen LogP contribution in [0.4, 0.5) is 5.69 Å². The highest BCUT2D eigenvalue weighted by molar-refractivity contribution is 5.93. The highest BCUT2D eigenvalue weighted by atomic mass is 35.5. The van der Waals surface area contributed by atoms with Crippen LogP contribution in [-0.4, -0.2) is 43.5 Å². The Hall–Kier alpha value is -0.810. The molecule has 1 aromatic carbocycles. The summed E-state index contributed by atoms with van der Waals surface area (Å²) in [6.07, 6.45) is 0. The predicted molar refractivity (Wildman–Crippen MR) is 93.0 cm³/mol. The third-order valence-electron chi connectivity index (χ3n) is 3.43. The Balaban J connectivity index is 0.00000200. The smallest absolute Gasteiger partial charge is 0.238 e. The zero-order valence-corrected chi connectivity index (χ0v) is 14.2. The van der Waals surface area contributed by atoms with Crippen molar-refractivity contribution in [2.75, 3.05) is 38.0 Å². The lowest BCUT2D eigenvalue weighted by Crippen LogP contribution is -2.46. The summed E-state index contributed by atoms with van der Waals surface area (Å²) in [5.41, 5.74) is 2.13. The Kier molecular flexibility index (Phi) is 9.62. The molecule has 4 nitrogen and oxygen atoms in total. The zero-order chi connectivity index (χ0) is 13.7. The van der Waals surface area contributed by atoms with E-state index in [1.165, 1.54) is 5.56 Å². The van der Waals surface area contributed by atoms with Gasteiger partial charge in [0.1, 0.15) is 0 Å². The second-order valence-corrected chi connectivity index (χ2v) is 5.32. The van der Waals surface area contributed by atoms with E-state index in [0.29, 0.717) is 12.5 Å². The molecular formula is C15H25Cl2N3O. The zero-order valence-electron chi connectivity index (χ0n) is 12.6. The number of carbonyl (C=O) groups excluding carboxylic acids is 1. The number of piperazine rings is 1. The summed E-state index contributed by atoms with van der Waals surface area (Å²) in [6.45, 7) is 8.58. The predicted octanol–water partition coefficient (Wildman–Crippen LogP) is 2.50. The molecule has 0 bridgehead atoms. The second kappa shape index (κ2) is 10.0. The number of nitrogens with zero attached hydrogens (tertiary/aromatic N) is 1. The maximum Gasteiger partial charge on any atom is 0.238 e. The number of hydrogen-bond acceptors (Lipinski definition) is 3. The van der Waals surface area contributed by atoms with Crippen LogP contribution in [-0.2, 0) is 4.79 Å². The summed E-state index contributed by atoms with van der Waals surface area (Å²) in [5, 5.41) is 6.33. The molecule has 2 rings (SSSR count). The Morgan fingerprint density at radius 3 is 2.48 bits per heavy atom. The molecule has 0 aliphatic carbocycles. The average molecular weight is 334 g/mol. The van der Waals surface area contributed by atoms with E-state index >= 15 is 0 Å². The Bertz CT molecular complexity index is 435. The van der Waals surface area contributed by atoms with E-state index < -0.39 is 0 Å². The number of amides is 1. The fourth-order valence-electron chi connectivity index (χ4n) is 2.38. The maximum absolute atomic E-state index is 12.1. The molecule has 21 heavy (non-hydrogen) atoms. The minimum Gasteiger partial charge on any atom is -0.325 e. The minimum absolute atomic E-state index is 0. The number of rotatable bonds is 4. The van der Waals surface area contributed by atoms with Gasteiger partial charge in [-0.1, -0.05) is 32.0 Å². The van der Waals surface area contributed by atoms with Gasteiger partial charge in [-0.25, -0.2) is 0 Å². The van der Waals surface area contributed by atoms with E-state index in [2.05, 4.69) is 35.4 Å². The molecule has 1 amide bonds. The molecule has 0 saturated carbocycles. The van der Waals surface area contributed by atoms with Gasteiger partial charge in [-0.05, 0) is 17.5 Å². The van der Waals surface area contributed by atoms with E-state index in [0.717, 1.165) is 31.9 Å². The van der Waals surface area contributed by atoms with Crippen LogP contribution in [0.25, 0.3) is 0 Å². The van der Waals surface area contributed by atoms with Crippen LogP contribution >= 0.6 is 24.8 Å². The largest absolute Gasteiger partial charge is 0.325 e. The molecule has 1 heterocycles. The second-order valence-electron chi connectivity index (χ2n) is 5.32. The first-order chi connectivity index (χ1) is 9.16. The highest BCUT2D eigenvalue weighted by Crippen LogP contribution is 2.23. The minimum atomic E-state index is 0. The van der Waals surface area contributed by atoms with Crippen LogP contribution in [0, 0.1) is 0 Å². The van der Waals surface area contributed by atoms with Gasteiger partial charge in [0.15, 0.2) is 0 Å². The molecule has 1 aliphatic heterocycles. The van der Waals surface area contributed by atoms with Gasteiger partial charge in [-0.3, -0.25) is 9.69 Å². The van der Waals surface area contributed by atoms with Gasteiger partial charge >= 0.3 is 0 Å². The SMILES string of the molecule is CC(C)c1ccccc1NC(=O)CN1CCNCC1.Cl.Cl. The molecular weight excluding hydrogens is 309 g/mol. The number of benzene rings is 1. The van der Waals surface area contributed by atoms with E-state index in [1.807, 2.05) is 18.2 Å². The first kappa shape index (κ1) is 20.2. The van der Waals surface area contributed by atoms with Gasteiger partial charge in [0.25, 0.3) is 0 Å². The van der Waals surface area contributed by atoms with Crippen molar-refractivity contribution in [2.45, 2.75) is 19.8 Å². The third-order valence-corrected chi connectivity index (χ3v) is 3.43. The lowest BCUT2D eigenvalue weighted by Gasteiger charge is -2.26. The summed E-state index contributed by atoms with van der Waals surface area (Å²) < 4.78 is 0. The maximum atomic E-state index is 12.1. The van der Waals surface area contributed by atoms with Gasteiger partial charge in [0, 0.05) is 31.9 Å². The van der Waals surface area contributed by atoms with Gasteiger partial charge in [0.2, 0.25) is 5.91 Å². The molecule has 0 unspecified atom stereocenters. The number of halogens is 2. The van der Waals surface area contributed by atoms with Crippen molar-refractivity contribution < 1.29 is 4.79 Å². The topological polar surface area (TPSA) is 44.4 Å². The summed E-state index contributed by atoms with van der Waals surface area (Å²) in [7, 11) is 0.